The van der Waals surface area contributed by atoms with Gasteiger partial charge in [-0.05, 0) is 55.2 Å². The predicted molar refractivity (Wildman–Crippen MR) is 115 cm³/mol. The Morgan fingerprint density at radius 1 is 1.03 bits per heavy atom. The van der Waals surface area contributed by atoms with E-state index >= 15 is 0 Å². The summed E-state index contributed by atoms with van der Waals surface area (Å²) in [5.41, 5.74) is 0.728. The third kappa shape index (κ3) is 6.47. The van der Waals surface area contributed by atoms with E-state index in [4.69, 9.17) is 9.94 Å². The second kappa shape index (κ2) is 11.5. The van der Waals surface area contributed by atoms with Gasteiger partial charge in [-0.2, -0.15) is 0 Å². The zero-order valence-electron chi connectivity index (χ0n) is 17.7. The number of ether oxygens (including phenoxy) is 1. The first-order valence-electron chi connectivity index (χ1n) is 9.50. The Hall–Kier alpha value is -4.05. The number of benzene rings is 2. The van der Waals surface area contributed by atoms with Crippen LogP contribution in [0.1, 0.15) is 38.8 Å². The molecule has 0 spiro atoms. The topological polar surface area (TPSA) is 105 Å². The highest BCUT2D eigenvalue weighted by Crippen LogP contribution is 2.24. The van der Waals surface area contributed by atoms with Gasteiger partial charge in [-0.15, -0.1) is 0 Å². The quantitative estimate of drug-likeness (QED) is 0.258. The lowest BCUT2D eigenvalue weighted by atomic mass is 9.95. The molecule has 0 aliphatic rings. The fraction of sp³-hybridized carbons (Fsp3) is 0.208. The van der Waals surface area contributed by atoms with E-state index in [0.29, 0.717) is 16.7 Å². The normalized spacial score (nSPS) is 12.8. The van der Waals surface area contributed by atoms with Gasteiger partial charge in [0.25, 0.3) is 18.2 Å². The molecule has 33 heavy (non-hydrogen) atoms. The number of methoxy groups -OCH3 is 1. The fourth-order valence-corrected chi connectivity index (χ4v) is 2.64. The maximum atomic E-state index is 13.4. The lowest BCUT2D eigenvalue weighted by molar-refractivity contribution is -0.157. The summed E-state index contributed by atoms with van der Waals surface area (Å²) in [5.74, 6) is 8.87. The average molecular weight is 454 g/mol. The molecule has 0 radical (unpaired) electrons. The average Bonchev–Trinajstić information content (AvgIpc) is 2.84. The minimum Gasteiger partial charge on any atom is -0.370 e. The van der Waals surface area contributed by atoms with Gasteiger partial charge in [-0.3, -0.25) is 19.6 Å². The molecule has 9 heteroatoms. The van der Waals surface area contributed by atoms with Crippen molar-refractivity contribution in [3.05, 3.63) is 70.8 Å². The summed E-state index contributed by atoms with van der Waals surface area (Å²) in [5, 5.41) is 11.0. The van der Waals surface area contributed by atoms with Crippen molar-refractivity contribution < 1.29 is 33.1 Å². The van der Waals surface area contributed by atoms with Crippen molar-refractivity contribution in [1.29, 1.82) is 0 Å². The van der Waals surface area contributed by atoms with E-state index in [1.165, 1.54) is 29.7 Å². The summed E-state index contributed by atoms with van der Waals surface area (Å²) < 4.78 is 31.7. The van der Waals surface area contributed by atoms with Gasteiger partial charge in [0.2, 0.25) is 0 Å². The summed E-state index contributed by atoms with van der Waals surface area (Å²) >= 11 is 0. The van der Waals surface area contributed by atoms with Gasteiger partial charge in [-0.1, -0.05) is 24.0 Å². The van der Waals surface area contributed by atoms with Gasteiger partial charge in [0.1, 0.15) is 12.3 Å². The Labute approximate surface area is 189 Å². The number of carbonyl (C=O) groups excluding carboxylic acids is 3. The zero-order valence-corrected chi connectivity index (χ0v) is 17.7. The first kappa shape index (κ1) is 25.2. The SMILES string of the molecule is COC(C)(C(F)F)[C@H](NC(=O)c1ccc(C#CC#Cc2ccc(C=O)cc2)cc1)C(=O)NO. The maximum Gasteiger partial charge on any atom is 0.269 e. The number of hydroxylamine groups is 1. The van der Waals surface area contributed by atoms with Crippen LogP contribution in [-0.2, 0) is 9.53 Å². The third-order valence-corrected chi connectivity index (χ3v) is 4.76. The number of hydrogen-bond acceptors (Lipinski definition) is 5. The van der Waals surface area contributed by atoms with Crippen LogP contribution in [-0.4, -0.2) is 48.5 Å². The highest BCUT2D eigenvalue weighted by Gasteiger charge is 2.48. The molecule has 0 bridgehead atoms. The van der Waals surface area contributed by atoms with E-state index in [2.05, 4.69) is 29.0 Å². The van der Waals surface area contributed by atoms with Gasteiger partial charge in [0.15, 0.2) is 5.60 Å². The molecule has 170 valence electrons. The van der Waals surface area contributed by atoms with Crippen molar-refractivity contribution >= 4 is 18.1 Å². The number of nitrogens with one attached hydrogen (secondary N) is 2. The first-order valence-corrected chi connectivity index (χ1v) is 9.50. The van der Waals surface area contributed by atoms with Crippen molar-refractivity contribution in [3.63, 3.8) is 0 Å². The van der Waals surface area contributed by atoms with Crippen molar-refractivity contribution in [2.75, 3.05) is 7.11 Å². The second-order valence-electron chi connectivity index (χ2n) is 6.89. The Kier molecular flexibility index (Phi) is 8.81. The van der Waals surface area contributed by atoms with Gasteiger partial charge >= 0.3 is 0 Å². The van der Waals surface area contributed by atoms with Gasteiger partial charge < -0.3 is 10.1 Å². The van der Waals surface area contributed by atoms with Crippen molar-refractivity contribution in [2.45, 2.75) is 25.0 Å². The van der Waals surface area contributed by atoms with E-state index in [-0.39, 0.29) is 5.56 Å². The lowest BCUT2D eigenvalue weighted by Crippen LogP contribution is -2.62. The molecule has 3 N–H and O–H groups in total. The zero-order chi connectivity index (χ0) is 24.4. The molecule has 0 heterocycles. The number of aldehydes is 1. The standard InChI is InChI=1S/C24H20F2N2O5/c1-24(33-2,23(25)26)20(22(31)28-32)27-21(30)19-13-11-17(12-14-19)6-4-3-5-16-7-9-18(15-29)10-8-16/h7-15,20,23,32H,1-2H3,(H,27,30)(H,28,31)/t20-,24?/m1/s1. The van der Waals surface area contributed by atoms with E-state index < -0.39 is 29.9 Å². The first-order chi connectivity index (χ1) is 15.7. The van der Waals surface area contributed by atoms with Crippen LogP contribution in [0.5, 0.6) is 0 Å². The van der Waals surface area contributed by atoms with Crippen molar-refractivity contribution in [1.82, 2.24) is 10.8 Å². The highest BCUT2D eigenvalue weighted by atomic mass is 19.3. The maximum absolute atomic E-state index is 13.4. The van der Waals surface area contributed by atoms with E-state index in [1.807, 2.05) is 0 Å². The van der Waals surface area contributed by atoms with Crippen LogP contribution >= 0.6 is 0 Å². The molecule has 0 fully saturated rings. The molecule has 2 amide bonds. The van der Waals surface area contributed by atoms with E-state index in [0.717, 1.165) is 20.3 Å². The van der Waals surface area contributed by atoms with Gasteiger partial charge in [0.05, 0.1) is 0 Å². The monoisotopic (exact) mass is 454 g/mol. The molecule has 7 nitrogen and oxygen atoms in total. The van der Waals surface area contributed by atoms with Crippen LogP contribution in [0.3, 0.4) is 0 Å². The summed E-state index contributed by atoms with van der Waals surface area (Å²) in [6.45, 7) is 0.939. The predicted octanol–water partition coefficient (Wildman–Crippen LogP) is 2.18. The molecule has 1 unspecified atom stereocenters. The Morgan fingerprint density at radius 3 is 1.97 bits per heavy atom. The molecule has 2 rings (SSSR count). The Bertz CT molecular complexity index is 1130. The Morgan fingerprint density at radius 2 is 1.55 bits per heavy atom. The van der Waals surface area contributed by atoms with E-state index in [1.54, 1.807) is 24.3 Å². The minimum atomic E-state index is -3.13. The molecular formula is C24H20F2N2O5. The summed E-state index contributed by atoms with van der Waals surface area (Å²) in [4.78, 5) is 35.0. The second-order valence-corrected chi connectivity index (χ2v) is 6.89. The molecule has 0 saturated heterocycles. The Balaban J connectivity index is 2.12. The summed E-state index contributed by atoms with van der Waals surface area (Å²) in [6, 6.07) is 10.6. The highest BCUT2D eigenvalue weighted by molar-refractivity contribution is 5.98. The smallest absolute Gasteiger partial charge is 0.269 e. The summed E-state index contributed by atoms with van der Waals surface area (Å²) in [6.07, 6.45) is -2.40. The molecule has 2 aromatic rings. The van der Waals surface area contributed by atoms with Crippen LogP contribution in [0.25, 0.3) is 0 Å². The molecule has 2 aromatic carbocycles. The number of rotatable bonds is 7. The van der Waals surface area contributed by atoms with Crippen LogP contribution < -0.4 is 10.8 Å². The lowest BCUT2D eigenvalue weighted by Gasteiger charge is -2.34. The third-order valence-electron chi connectivity index (χ3n) is 4.76. The minimum absolute atomic E-state index is 0.0744. The van der Waals surface area contributed by atoms with Crippen LogP contribution in [0.4, 0.5) is 8.78 Å². The number of alkyl halides is 2. The van der Waals surface area contributed by atoms with E-state index in [9.17, 15) is 23.2 Å². The number of amides is 2. The van der Waals surface area contributed by atoms with Crippen LogP contribution in [0.2, 0.25) is 0 Å². The molecular weight excluding hydrogens is 434 g/mol. The van der Waals surface area contributed by atoms with Crippen molar-refractivity contribution in [2.24, 2.45) is 0 Å². The number of halogens is 2. The van der Waals surface area contributed by atoms with Crippen LogP contribution in [0.15, 0.2) is 48.5 Å². The molecule has 0 aromatic heterocycles. The molecule has 2 atom stereocenters. The van der Waals surface area contributed by atoms with Crippen molar-refractivity contribution in [3.8, 4) is 23.7 Å². The fourth-order valence-electron chi connectivity index (χ4n) is 2.64. The molecule has 0 aliphatic carbocycles. The molecule has 0 aliphatic heterocycles. The number of carbonyl (C=O) groups is 3. The van der Waals surface area contributed by atoms with Gasteiger partial charge in [-0.25, -0.2) is 14.3 Å². The van der Waals surface area contributed by atoms with Crippen LogP contribution in [0, 0.1) is 23.7 Å². The number of hydrogen-bond donors (Lipinski definition) is 3. The summed E-state index contributed by atoms with van der Waals surface area (Å²) in [7, 11) is 0.965. The molecule has 0 saturated carbocycles. The van der Waals surface area contributed by atoms with Gasteiger partial charge in [0, 0.05) is 29.4 Å². The largest absolute Gasteiger partial charge is 0.370 e.